The first kappa shape index (κ1) is 11.1. The van der Waals surface area contributed by atoms with Gasteiger partial charge in [-0.2, -0.15) is 4.98 Å². The van der Waals surface area contributed by atoms with E-state index in [0.29, 0.717) is 17.6 Å². The van der Waals surface area contributed by atoms with Gasteiger partial charge in [0.05, 0.1) is 5.75 Å². The SMILES string of the molecule is CC(C)c1noc(CSc2ccncc2)n1. The van der Waals surface area contributed by atoms with E-state index in [1.807, 2.05) is 26.0 Å². The quantitative estimate of drug-likeness (QED) is 0.763. The fourth-order valence-electron chi connectivity index (χ4n) is 1.14. The molecule has 0 atom stereocenters. The van der Waals surface area contributed by atoms with Crippen LogP contribution in [0.15, 0.2) is 33.9 Å². The topological polar surface area (TPSA) is 51.8 Å². The first-order valence-electron chi connectivity index (χ1n) is 5.11. The number of nitrogens with zero attached hydrogens (tertiary/aromatic N) is 3. The Bertz CT molecular complexity index is 442. The maximum atomic E-state index is 5.15. The Morgan fingerprint density at radius 1 is 1.31 bits per heavy atom. The average Bonchev–Trinajstić information content (AvgIpc) is 2.76. The molecule has 2 aromatic rings. The Balaban J connectivity index is 1.95. The molecule has 0 aliphatic heterocycles. The van der Waals surface area contributed by atoms with Crippen molar-refractivity contribution in [2.45, 2.75) is 30.4 Å². The summed E-state index contributed by atoms with van der Waals surface area (Å²) in [6.45, 7) is 4.09. The van der Waals surface area contributed by atoms with E-state index in [0.717, 1.165) is 10.7 Å². The van der Waals surface area contributed by atoms with Crippen LogP contribution < -0.4 is 0 Å². The van der Waals surface area contributed by atoms with Crippen LogP contribution in [0.25, 0.3) is 0 Å². The minimum Gasteiger partial charge on any atom is -0.338 e. The summed E-state index contributed by atoms with van der Waals surface area (Å²) in [5.74, 6) is 2.45. The van der Waals surface area contributed by atoms with Gasteiger partial charge in [-0.3, -0.25) is 4.98 Å². The normalized spacial score (nSPS) is 10.9. The van der Waals surface area contributed by atoms with E-state index in [1.54, 1.807) is 24.2 Å². The Labute approximate surface area is 98.5 Å². The van der Waals surface area contributed by atoms with Crippen molar-refractivity contribution in [1.29, 1.82) is 0 Å². The van der Waals surface area contributed by atoms with Gasteiger partial charge in [0.15, 0.2) is 5.82 Å². The lowest BCUT2D eigenvalue weighted by atomic mass is 10.2. The van der Waals surface area contributed by atoms with Gasteiger partial charge in [0.2, 0.25) is 5.89 Å². The predicted molar refractivity (Wildman–Crippen MR) is 62.2 cm³/mol. The van der Waals surface area contributed by atoms with E-state index in [2.05, 4.69) is 15.1 Å². The second-order valence-electron chi connectivity index (χ2n) is 3.67. The zero-order chi connectivity index (χ0) is 11.4. The van der Waals surface area contributed by atoms with Crippen molar-refractivity contribution in [2.75, 3.05) is 0 Å². The molecule has 0 spiro atoms. The van der Waals surface area contributed by atoms with Crippen molar-refractivity contribution < 1.29 is 4.52 Å². The summed E-state index contributed by atoms with van der Waals surface area (Å²) in [7, 11) is 0. The van der Waals surface area contributed by atoms with Crippen LogP contribution in [0.3, 0.4) is 0 Å². The maximum Gasteiger partial charge on any atom is 0.237 e. The summed E-state index contributed by atoms with van der Waals surface area (Å²) < 4.78 is 5.15. The van der Waals surface area contributed by atoms with Crippen LogP contribution in [-0.2, 0) is 5.75 Å². The standard InChI is InChI=1S/C11H13N3OS/c1-8(2)11-13-10(15-14-11)7-16-9-3-5-12-6-4-9/h3-6,8H,7H2,1-2H3. The molecule has 4 nitrogen and oxygen atoms in total. The average molecular weight is 235 g/mol. The third kappa shape index (κ3) is 2.82. The summed E-state index contributed by atoms with van der Waals surface area (Å²) >= 11 is 1.66. The first-order valence-corrected chi connectivity index (χ1v) is 6.09. The molecule has 0 aliphatic rings. The van der Waals surface area contributed by atoms with Crippen LogP contribution >= 0.6 is 11.8 Å². The lowest BCUT2D eigenvalue weighted by Gasteiger charge is -1.96. The number of aromatic nitrogens is 3. The van der Waals surface area contributed by atoms with Gasteiger partial charge >= 0.3 is 0 Å². The lowest BCUT2D eigenvalue weighted by Crippen LogP contribution is -1.90. The molecule has 0 unspecified atom stereocenters. The van der Waals surface area contributed by atoms with Gasteiger partial charge in [-0.15, -0.1) is 11.8 Å². The molecule has 5 heteroatoms. The fourth-order valence-corrected chi connectivity index (χ4v) is 1.86. The largest absolute Gasteiger partial charge is 0.338 e. The number of hydrogen-bond donors (Lipinski definition) is 0. The second kappa shape index (κ2) is 5.12. The van der Waals surface area contributed by atoms with Gasteiger partial charge in [0.1, 0.15) is 0 Å². The Morgan fingerprint density at radius 3 is 2.69 bits per heavy atom. The molecular weight excluding hydrogens is 222 g/mol. The van der Waals surface area contributed by atoms with Crippen LogP contribution in [0.1, 0.15) is 31.5 Å². The van der Waals surface area contributed by atoms with Gasteiger partial charge in [-0.1, -0.05) is 19.0 Å². The molecule has 16 heavy (non-hydrogen) atoms. The van der Waals surface area contributed by atoms with Gasteiger partial charge in [-0.25, -0.2) is 0 Å². The van der Waals surface area contributed by atoms with Crippen molar-refractivity contribution in [2.24, 2.45) is 0 Å². The van der Waals surface area contributed by atoms with Crippen molar-refractivity contribution >= 4 is 11.8 Å². The summed E-state index contributed by atoms with van der Waals surface area (Å²) in [6.07, 6.45) is 3.55. The molecule has 2 heterocycles. The molecular formula is C11H13N3OS. The third-order valence-electron chi connectivity index (χ3n) is 2.01. The molecule has 0 N–H and O–H groups in total. The third-order valence-corrected chi connectivity index (χ3v) is 3.01. The highest BCUT2D eigenvalue weighted by Gasteiger charge is 2.09. The summed E-state index contributed by atoms with van der Waals surface area (Å²) in [5, 5.41) is 3.92. The van der Waals surface area contributed by atoms with Crippen LogP contribution in [0.2, 0.25) is 0 Å². The van der Waals surface area contributed by atoms with Crippen molar-refractivity contribution in [1.82, 2.24) is 15.1 Å². The van der Waals surface area contributed by atoms with E-state index < -0.39 is 0 Å². The molecule has 0 saturated carbocycles. The van der Waals surface area contributed by atoms with Crippen LogP contribution in [0.4, 0.5) is 0 Å². The molecule has 0 amide bonds. The van der Waals surface area contributed by atoms with Crippen LogP contribution in [-0.4, -0.2) is 15.1 Å². The van der Waals surface area contributed by atoms with E-state index >= 15 is 0 Å². The van der Waals surface area contributed by atoms with Crippen molar-refractivity contribution in [3.8, 4) is 0 Å². The number of pyridine rings is 1. The molecule has 0 bridgehead atoms. The molecule has 0 saturated heterocycles. The highest BCUT2D eigenvalue weighted by atomic mass is 32.2. The van der Waals surface area contributed by atoms with E-state index in [9.17, 15) is 0 Å². The molecule has 2 rings (SSSR count). The lowest BCUT2D eigenvalue weighted by molar-refractivity contribution is 0.383. The van der Waals surface area contributed by atoms with Gasteiger partial charge < -0.3 is 4.52 Å². The molecule has 0 fully saturated rings. The van der Waals surface area contributed by atoms with Crippen LogP contribution in [0, 0.1) is 0 Å². The van der Waals surface area contributed by atoms with Gasteiger partial charge in [0, 0.05) is 23.2 Å². The smallest absolute Gasteiger partial charge is 0.237 e. The summed E-state index contributed by atoms with van der Waals surface area (Å²) in [4.78, 5) is 9.43. The van der Waals surface area contributed by atoms with Crippen molar-refractivity contribution in [3.05, 3.63) is 36.2 Å². The monoisotopic (exact) mass is 235 g/mol. The summed E-state index contributed by atoms with van der Waals surface area (Å²) in [5.41, 5.74) is 0. The Morgan fingerprint density at radius 2 is 2.06 bits per heavy atom. The van der Waals surface area contributed by atoms with Gasteiger partial charge in [0.25, 0.3) is 0 Å². The molecule has 0 aromatic carbocycles. The van der Waals surface area contributed by atoms with E-state index in [1.165, 1.54) is 0 Å². The number of hydrogen-bond acceptors (Lipinski definition) is 5. The Kier molecular flexibility index (Phi) is 3.56. The first-order chi connectivity index (χ1) is 7.75. The maximum absolute atomic E-state index is 5.15. The highest BCUT2D eigenvalue weighted by Crippen LogP contribution is 2.21. The van der Waals surface area contributed by atoms with E-state index in [4.69, 9.17) is 4.52 Å². The zero-order valence-electron chi connectivity index (χ0n) is 9.25. The van der Waals surface area contributed by atoms with E-state index in [-0.39, 0.29) is 0 Å². The molecule has 2 aromatic heterocycles. The zero-order valence-corrected chi connectivity index (χ0v) is 10.1. The molecule has 0 aliphatic carbocycles. The summed E-state index contributed by atoms with van der Waals surface area (Å²) in [6, 6.07) is 3.93. The number of thioether (sulfide) groups is 1. The molecule has 0 radical (unpaired) electrons. The second-order valence-corrected chi connectivity index (χ2v) is 4.72. The fraction of sp³-hybridized carbons (Fsp3) is 0.364. The highest BCUT2D eigenvalue weighted by molar-refractivity contribution is 7.98. The Hall–Kier alpha value is -1.36. The van der Waals surface area contributed by atoms with Crippen molar-refractivity contribution in [3.63, 3.8) is 0 Å². The predicted octanol–water partition coefficient (Wildman–Crippen LogP) is 2.88. The number of rotatable bonds is 4. The minimum absolute atomic E-state index is 0.309. The molecule has 84 valence electrons. The van der Waals surface area contributed by atoms with Crippen LogP contribution in [0.5, 0.6) is 0 Å². The minimum atomic E-state index is 0.309. The van der Waals surface area contributed by atoms with Gasteiger partial charge in [-0.05, 0) is 12.1 Å².